The van der Waals surface area contributed by atoms with Crippen LogP contribution >= 0.6 is 0 Å². The van der Waals surface area contributed by atoms with Gasteiger partial charge in [0, 0.05) is 5.54 Å². The Morgan fingerprint density at radius 2 is 1.41 bits per heavy atom. The number of ether oxygens (including phenoxy) is 3. The van der Waals surface area contributed by atoms with Crippen LogP contribution in [0.25, 0.3) is 0 Å². The van der Waals surface area contributed by atoms with Crippen molar-refractivity contribution < 1.29 is 14.2 Å². The Morgan fingerprint density at radius 1 is 0.941 bits per heavy atom. The Balaban J connectivity index is 3.37. The van der Waals surface area contributed by atoms with Gasteiger partial charge >= 0.3 is 0 Å². The number of benzene rings is 1. The van der Waals surface area contributed by atoms with Crippen LogP contribution in [-0.2, 0) is 5.54 Å². The number of rotatable bonds is 5. The summed E-state index contributed by atoms with van der Waals surface area (Å²) in [5.74, 6) is 1.96. The molecule has 0 aliphatic carbocycles. The van der Waals surface area contributed by atoms with Crippen LogP contribution in [0.2, 0.25) is 0 Å². The SMILES string of the molecule is CNC(C)(C)c1cc(OC)c(OC)c(OC)c1. The molecule has 0 heterocycles. The first-order chi connectivity index (χ1) is 8.00. The van der Waals surface area contributed by atoms with Crippen LogP contribution in [0.4, 0.5) is 0 Å². The molecule has 4 nitrogen and oxygen atoms in total. The molecule has 0 bridgehead atoms. The van der Waals surface area contributed by atoms with Crippen LogP contribution in [0.1, 0.15) is 19.4 Å². The summed E-state index contributed by atoms with van der Waals surface area (Å²) in [6.07, 6.45) is 0. The molecule has 0 aliphatic heterocycles. The number of nitrogens with one attached hydrogen (secondary N) is 1. The highest BCUT2D eigenvalue weighted by Gasteiger charge is 2.22. The van der Waals surface area contributed by atoms with Gasteiger partial charge in [0.05, 0.1) is 21.3 Å². The van der Waals surface area contributed by atoms with E-state index in [-0.39, 0.29) is 5.54 Å². The van der Waals surface area contributed by atoms with Gasteiger partial charge in [0.25, 0.3) is 0 Å². The lowest BCUT2D eigenvalue weighted by molar-refractivity contribution is 0.321. The summed E-state index contributed by atoms with van der Waals surface area (Å²) in [7, 11) is 6.76. The van der Waals surface area contributed by atoms with Gasteiger partial charge in [0.1, 0.15) is 0 Å². The van der Waals surface area contributed by atoms with Gasteiger partial charge in [-0.25, -0.2) is 0 Å². The van der Waals surface area contributed by atoms with E-state index in [1.54, 1.807) is 21.3 Å². The van der Waals surface area contributed by atoms with Gasteiger partial charge in [0.15, 0.2) is 11.5 Å². The minimum atomic E-state index is -0.160. The summed E-state index contributed by atoms with van der Waals surface area (Å²) in [6, 6.07) is 3.91. The largest absolute Gasteiger partial charge is 0.493 e. The molecule has 0 amide bonds. The molecule has 0 unspecified atom stereocenters. The molecule has 0 atom stereocenters. The van der Waals surface area contributed by atoms with Crippen LogP contribution < -0.4 is 19.5 Å². The molecule has 4 heteroatoms. The topological polar surface area (TPSA) is 39.7 Å². The first-order valence-electron chi connectivity index (χ1n) is 5.49. The van der Waals surface area contributed by atoms with Gasteiger partial charge in [-0.1, -0.05) is 0 Å². The van der Waals surface area contributed by atoms with Crippen molar-refractivity contribution in [3.05, 3.63) is 17.7 Å². The lowest BCUT2D eigenvalue weighted by Crippen LogP contribution is -2.33. The zero-order chi connectivity index (χ0) is 13.1. The van der Waals surface area contributed by atoms with E-state index in [9.17, 15) is 0 Å². The first-order valence-corrected chi connectivity index (χ1v) is 5.49. The van der Waals surface area contributed by atoms with Crippen molar-refractivity contribution in [1.29, 1.82) is 0 Å². The summed E-state index contributed by atoms with van der Waals surface area (Å²) >= 11 is 0. The Labute approximate surface area is 103 Å². The smallest absolute Gasteiger partial charge is 0.203 e. The molecule has 0 saturated carbocycles. The van der Waals surface area contributed by atoms with E-state index in [1.165, 1.54) is 0 Å². The molecule has 1 aromatic carbocycles. The number of hydrogen-bond donors (Lipinski definition) is 1. The average molecular weight is 239 g/mol. The van der Waals surface area contributed by atoms with E-state index in [1.807, 2.05) is 19.2 Å². The van der Waals surface area contributed by atoms with Gasteiger partial charge in [0.2, 0.25) is 5.75 Å². The van der Waals surface area contributed by atoms with Crippen molar-refractivity contribution in [3.8, 4) is 17.2 Å². The molecule has 0 aliphatic rings. The molecule has 1 N–H and O–H groups in total. The maximum absolute atomic E-state index is 5.33. The highest BCUT2D eigenvalue weighted by molar-refractivity contribution is 5.55. The zero-order valence-corrected chi connectivity index (χ0v) is 11.4. The minimum absolute atomic E-state index is 0.160. The van der Waals surface area contributed by atoms with Crippen molar-refractivity contribution in [1.82, 2.24) is 5.32 Å². The fourth-order valence-corrected chi connectivity index (χ4v) is 1.59. The second-order valence-electron chi connectivity index (χ2n) is 4.29. The summed E-state index contributed by atoms with van der Waals surface area (Å²) in [5.41, 5.74) is 0.918. The van der Waals surface area contributed by atoms with E-state index < -0.39 is 0 Å². The van der Waals surface area contributed by atoms with Crippen molar-refractivity contribution in [3.63, 3.8) is 0 Å². The normalized spacial score (nSPS) is 11.2. The van der Waals surface area contributed by atoms with Gasteiger partial charge in [-0.05, 0) is 38.6 Å². The predicted octanol–water partition coefficient (Wildman–Crippen LogP) is 2.17. The first kappa shape index (κ1) is 13.6. The molecule has 96 valence electrons. The third-order valence-corrected chi connectivity index (χ3v) is 3.01. The van der Waals surface area contributed by atoms with Crippen molar-refractivity contribution in [2.24, 2.45) is 0 Å². The van der Waals surface area contributed by atoms with Crippen LogP contribution in [0.5, 0.6) is 17.2 Å². The Kier molecular flexibility index (Phi) is 4.23. The molecule has 1 aromatic rings. The molecule has 0 spiro atoms. The quantitative estimate of drug-likeness (QED) is 0.854. The molecule has 17 heavy (non-hydrogen) atoms. The van der Waals surface area contributed by atoms with Crippen LogP contribution in [-0.4, -0.2) is 28.4 Å². The zero-order valence-electron chi connectivity index (χ0n) is 11.4. The third kappa shape index (κ3) is 2.64. The average Bonchev–Trinajstić information content (AvgIpc) is 2.36. The van der Waals surface area contributed by atoms with Crippen molar-refractivity contribution in [2.45, 2.75) is 19.4 Å². The Bertz CT molecular complexity index is 363. The van der Waals surface area contributed by atoms with Crippen LogP contribution in [0.15, 0.2) is 12.1 Å². The van der Waals surface area contributed by atoms with Crippen LogP contribution in [0.3, 0.4) is 0 Å². The highest BCUT2D eigenvalue weighted by atomic mass is 16.5. The summed E-state index contributed by atoms with van der Waals surface area (Å²) in [5, 5.41) is 3.25. The lowest BCUT2D eigenvalue weighted by atomic mass is 9.94. The summed E-state index contributed by atoms with van der Waals surface area (Å²) in [6.45, 7) is 4.18. The molecular weight excluding hydrogens is 218 g/mol. The number of hydrogen-bond acceptors (Lipinski definition) is 4. The van der Waals surface area contributed by atoms with E-state index in [2.05, 4.69) is 19.2 Å². The molecular formula is C13H21NO3. The number of methoxy groups -OCH3 is 3. The van der Waals surface area contributed by atoms with Gasteiger partial charge < -0.3 is 19.5 Å². The molecule has 0 aromatic heterocycles. The van der Waals surface area contributed by atoms with Gasteiger partial charge in [-0.3, -0.25) is 0 Å². The fourth-order valence-electron chi connectivity index (χ4n) is 1.59. The maximum atomic E-state index is 5.33. The lowest BCUT2D eigenvalue weighted by Gasteiger charge is -2.26. The van der Waals surface area contributed by atoms with Gasteiger partial charge in [-0.15, -0.1) is 0 Å². The Morgan fingerprint density at radius 3 is 1.71 bits per heavy atom. The summed E-state index contributed by atoms with van der Waals surface area (Å²) < 4.78 is 15.9. The monoisotopic (exact) mass is 239 g/mol. The molecule has 0 fully saturated rings. The third-order valence-electron chi connectivity index (χ3n) is 3.01. The molecule has 0 radical (unpaired) electrons. The maximum Gasteiger partial charge on any atom is 0.203 e. The van der Waals surface area contributed by atoms with Gasteiger partial charge in [-0.2, -0.15) is 0 Å². The van der Waals surface area contributed by atoms with E-state index >= 15 is 0 Å². The van der Waals surface area contributed by atoms with Crippen molar-refractivity contribution >= 4 is 0 Å². The molecule has 1 rings (SSSR count). The fraction of sp³-hybridized carbons (Fsp3) is 0.538. The highest BCUT2D eigenvalue weighted by Crippen LogP contribution is 2.40. The second-order valence-corrected chi connectivity index (χ2v) is 4.29. The van der Waals surface area contributed by atoms with E-state index in [0.717, 1.165) is 5.56 Å². The van der Waals surface area contributed by atoms with E-state index in [4.69, 9.17) is 14.2 Å². The van der Waals surface area contributed by atoms with Crippen LogP contribution in [0, 0.1) is 0 Å². The summed E-state index contributed by atoms with van der Waals surface area (Å²) in [4.78, 5) is 0. The van der Waals surface area contributed by atoms with E-state index in [0.29, 0.717) is 17.2 Å². The second kappa shape index (κ2) is 5.27. The van der Waals surface area contributed by atoms with Crippen molar-refractivity contribution in [2.75, 3.05) is 28.4 Å². The molecule has 0 saturated heterocycles. The predicted molar refractivity (Wildman–Crippen MR) is 68.2 cm³/mol. The standard InChI is InChI=1S/C13H21NO3/c1-13(2,14-3)9-7-10(15-4)12(17-6)11(8-9)16-5/h7-8,14H,1-6H3. The minimum Gasteiger partial charge on any atom is -0.493 e. The Hall–Kier alpha value is -1.42.